The van der Waals surface area contributed by atoms with Crippen molar-refractivity contribution >= 4 is 5.91 Å². The van der Waals surface area contributed by atoms with Crippen LogP contribution in [0.5, 0.6) is 5.75 Å². The van der Waals surface area contributed by atoms with Gasteiger partial charge in [0.25, 0.3) is 0 Å². The van der Waals surface area contributed by atoms with E-state index in [9.17, 15) is 23.1 Å². The van der Waals surface area contributed by atoms with Crippen LogP contribution in [0.2, 0.25) is 0 Å². The number of ether oxygens (including phenoxy) is 1. The molecule has 134 valence electrons. The molecule has 3 N–H and O–H groups in total. The largest absolute Gasteiger partial charge is 0.491 e. The van der Waals surface area contributed by atoms with Gasteiger partial charge in [0, 0.05) is 13.1 Å². The number of benzene rings is 1. The van der Waals surface area contributed by atoms with Gasteiger partial charge in [-0.15, -0.1) is 0 Å². The highest BCUT2D eigenvalue weighted by Gasteiger charge is 2.30. The molecule has 24 heavy (non-hydrogen) atoms. The third kappa shape index (κ3) is 5.68. The summed E-state index contributed by atoms with van der Waals surface area (Å²) in [5, 5.41) is 15.6. The maximum atomic E-state index is 12.6. The van der Waals surface area contributed by atoms with E-state index < -0.39 is 17.8 Å². The lowest BCUT2D eigenvalue weighted by molar-refractivity contribution is -0.137. The lowest BCUT2D eigenvalue weighted by atomic mass is 9.99. The number of alkyl halides is 3. The summed E-state index contributed by atoms with van der Waals surface area (Å²) in [7, 11) is 0. The highest BCUT2D eigenvalue weighted by molar-refractivity contribution is 5.78. The van der Waals surface area contributed by atoms with Crippen LogP contribution in [0.15, 0.2) is 24.3 Å². The number of carbonyl (C=O) groups excluding carboxylic acids is 1. The van der Waals surface area contributed by atoms with Crippen molar-refractivity contribution in [1.82, 2.24) is 10.6 Å². The molecule has 1 aliphatic rings. The fourth-order valence-corrected chi connectivity index (χ4v) is 2.45. The van der Waals surface area contributed by atoms with E-state index in [1.54, 1.807) is 0 Å². The van der Waals surface area contributed by atoms with Crippen LogP contribution in [-0.4, -0.2) is 43.4 Å². The second-order valence-corrected chi connectivity index (χ2v) is 5.78. The van der Waals surface area contributed by atoms with Crippen molar-refractivity contribution in [3.63, 3.8) is 0 Å². The summed E-state index contributed by atoms with van der Waals surface area (Å²) in [6.07, 6.45) is -3.71. The molecule has 0 spiro atoms. The van der Waals surface area contributed by atoms with E-state index in [1.807, 2.05) is 0 Å². The van der Waals surface area contributed by atoms with Gasteiger partial charge in [0.1, 0.15) is 18.5 Å². The average molecular weight is 346 g/mol. The number of rotatable bonds is 6. The van der Waals surface area contributed by atoms with Crippen molar-refractivity contribution < 1.29 is 27.8 Å². The second kappa shape index (κ2) is 8.34. The van der Waals surface area contributed by atoms with Crippen LogP contribution in [0.3, 0.4) is 0 Å². The molecule has 0 bridgehead atoms. The van der Waals surface area contributed by atoms with E-state index in [0.717, 1.165) is 31.5 Å². The molecule has 5 nitrogen and oxygen atoms in total. The minimum Gasteiger partial charge on any atom is -0.491 e. The molecule has 0 aliphatic carbocycles. The highest BCUT2D eigenvalue weighted by atomic mass is 19.4. The quantitative estimate of drug-likeness (QED) is 0.731. The lowest BCUT2D eigenvalue weighted by Gasteiger charge is -2.22. The van der Waals surface area contributed by atoms with Crippen molar-refractivity contribution in [1.29, 1.82) is 0 Å². The number of hydrogen-bond donors (Lipinski definition) is 3. The summed E-state index contributed by atoms with van der Waals surface area (Å²) in [6, 6.07) is 4.44. The van der Waals surface area contributed by atoms with Crippen LogP contribution in [-0.2, 0) is 11.0 Å². The molecule has 0 saturated carbocycles. The fraction of sp³-hybridized carbons (Fsp3) is 0.562. The maximum Gasteiger partial charge on any atom is 0.416 e. The number of aliphatic hydroxyl groups is 1. The summed E-state index contributed by atoms with van der Waals surface area (Å²) < 4.78 is 43.0. The molecule has 1 amide bonds. The number of carbonyl (C=O) groups is 1. The average Bonchev–Trinajstić information content (AvgIpc) is 2.58. The predicted molar refractivity (Wildman–Crippen MR) is 81.5 cm³/mol. The van der Waals surface area contributed by atoms with E-state index in [-0.39, 0.29) is 30.7 Å². The smallest absolute Gasteiger partial charge is 0.416 e. The van der Waals surface area contributed by atoms with Gasteiger partial charge in [0.05, 0.1) is 11.5 Å². The van der Waals surface area contributed by atoms with Crippen LogP contribution >= 0.6 is 0 Å². The van der Waals surface area contributed by atoms with Gasteiger partial charge in [-0.1, -0.05) is 6.07 Å². The van der Waals surface area contributed by atoms with Gasteiger partial charge in [-0.25, -0.2) is 0 Å². The molecule has 0 radical (unpaired) electrons. The Morgan fingerprint density at radius 2 is 2.25 bits per heavy atom. The minimum atomic E-state index is -4.44. The van der Waals surface area contributed by atoms with Crippen LogP contribution in [0.25, 0.3) is 0 Å². The number of nitrogens with one attached hydrogen (secondary N) is 2. The third-order valence-corrected chi connectivity index (χ3v) is 3.78. The van der Waals surface area contributed by atoms with E-state index >= 15 is 0 Å². The molecule has 2 unspecified atom stereocenters. The maximum absolute atomic E-state index is 12.6. The van der Waals surface area contributed by atoms with Crippen LogP contribution in [0, 0.1) is 5.92 Å². The van der Waals surface area contributed by atoms with Gasteiger partial charge >= 0.3 is 6.18 Å². The Bertz CT molecular complexity index is 546. The number of amides is 1. The number of halogens is 3. The first-order valence-corrected chi connectivity index (χ1v) is 7.83. The van der Waals surface area contributed by atoms with Gasteiger partial charge in [0.15, 0.2) is 0 Å². The first kappa shape index (κ1) is 18.5. The van der Waals surface area contributed by atoms with Gasteiger partial charge < -0.3 is 20.5 Å². The highest BCUT2D eigenvalue weighted by Crippen LogP contribution is 2.31. The first-order chi connectivity index (χ1) is 11.4. The van der Waals surface area contributed by atoms with Crippen molar-refractivity contribution in [3.05, 3.63) is 29.8 Å². The van der Waals surface area contributed by atoms with E-state index in [4.69, 9.17) is 4.74 Å². The summed E-state index contributed by atoms with van der Waals surface area (Å²) in [6.45, 7) is 1.30. The molecule has 1 aromatic carbocycles. The molecule has 0 aromatic heterocycles. The third-order valence-electron chi connectivity index (χ3n) is 3.78. The number of piperidine rings is 1. The Hall–Kier alpha value is -1.80. The van der Waals surface area contributed by atoms with Gasteiger partial charge in [-0.3, -0.25) is 4.79 Å². The summed E-state index contributed by atoms with van der Waals surface area (Å²) in [5.41, 5.74) is -0.812. The molecule has 2 atom stereocenters. The predicted octanol–water partition coefficient (Wildman–Crippen LogP) is 1.56. The Labute approximate surface area is 138 Å². The van der Waals surface area contributed by atoms with E-state index in [2.05, 4.69) is 10.6 Å². The molecule has 1 saturated heterocycles. The normalized spacial score (nSPS) is 19.6. The zero-order valence-electron chi connectivity index (χ0n) is 13.1. The first-order valence-electron chi connectivity index (χ1n) is 7.83. The van der Waals surface area contributed by atoms with Gasteiger partial charge in [0.2, 0.25) is 5.91 Å². The van der Waals surface area contributed by atoms with E-state index in [0.29, 0.717) is 6.54 Å². The number of hydrogen-bond acceptors (Lipinski definition) is 4. The van der Waals surface area contributed by atoms with Crippen molar-refractivity contribution in [2.45, 2.75) is 25.1 Å². The zero-order chi connectivity index (χ0) is 17.6. The van der Waals surface area contributed by atoms with Crippen LogP contribution in [0.4, 0.5) is 13.2 Å². The van der Waals surface area contributed by atoms with Crippen molar-refractivity contribution in [2.75, 3.05) is 26.2 Å². The summed E-state index contributed by atoms with van der Waals surface area (Å²) in [4.78, 5) is 11.9. The standard InChI is InChI=1S/C16H21F3N2O3/c17-16(18,19)12-4-1-5-14(7-12)24-10-13(22)9-21-15(23)11-3-2-6-20-8-11/h1,4-5,7,11,13,20,22H,2-3,6,8-10H2,(H,21,23). The Balaban J connectivity index is 1.75. The van der Waals surface area contributed by atoms with Crippen molar-refractivity contribution in [2.24, 2.45) is 5.92 Å². The molecule has 2 rings (SSSR count). The summed E-state index contributed by atoms with van der Waals surface area (Å²) in [5.74, 6) is -0.234. The Morgan fingerprint density at radius 1 is 1.46 bits per heavy atom. The summed E-state index contributed by atoms with van der Waals surface area (Å²) >= 11 is 0. The molecule has 1 fully saturated rings. The minimum absolute atomic E-state index is 0.00566. The SMILES string of the molecule is O=C(NCC(O)COc1cccc(C(F)(F)F)c1)C1CCCNC1. The van der Waals surface area contributed by atoms with E-state index in [1.165, 1.54) is 12.1 Å². The molecule has 8 heteroatoms. The molecule has 1 aliphatic heterocycles. The monoisotopic (exact) mass is 346 g/mol. The molecule has 1 aromatic rings. The van der Waals surface area contributed by atoms with Gasteiger partial charge in [-0.05, 0) is 37.6 Å². The molecule has 1 heterocycles. The zero-order valence-corrected chi connectivity index (χ0v) is 13.1. The molecular weight excluding hydrogens is 325 g/mol. The second-order valence-electron chi connectivity index (χ2n) is 5.78. The van der Waals surface area contributed by atoms with Crippen LogP contribution in [0.1, 0.15) is 18.4 Å². The topological polar surface area (TPSA) is 70.6 Å². The van der Waals surface area contributed by atoms with Crippen LogP contribution < -0.4 is 15.4 Å². The fourth-order valence-electron chi connectivity index (χ4n) is 2.45. The van der Waals surface area contributed by atoms with Gasteiger partial charge in [-0.2, -0.15) is 13.2 Å². The Morgan fingerprint density at radius 3 is 2.92 bits per heavy atom. The number of aliphatic hydroxyl groups excluding tert-OH is 1. The lowest BCUT2D eigenvalue weighted by Crippen LogP contribution is -2.43. The van der Waals surface area contributed by atoms with Crippen molar-refractivity contribution in [3.8, 4) is 5.75 Å². The molecular formula is C16H21F3N2O3. The Kier molecular flexibility index (Phi) is 6.44.